The molecule has 0 radical (unpaired) electrons. The molecule has 3 nitrogen and oxygen atoms in total. The Balaban J connectivity index is 2.31. The Bertz CT molecular complexity index is 783. The zero-order valence-corrected chi connectivity index (χ0v) is 11.1. The molecule has 0 spiro atoms. The maximum atomic E-state index is 13.2. The third-order valence-electron chi connectivity index (χ3n) is 2.80. The summed E-state index contributed by atoms with van der Waals surface area (Å²) >= 11 is 12.1. The lowest BCUT2D eigenvalue weighted by atomic mass is 10.1. The third kappa shape index (κ3) is 2.03. The Labute approximate surface area is 118 Å². The Morgan fingerprint density at radius 1 is 1.16 bits per heavy atom. The van der Waals surface area contributed by atoms with Crippen LogP contribution >= 0.6 is 23.2 Å². The summed E-state index contributed by atoms with van der Waals surface area (Å²) in [6.45, 7) is 0. The van der Waals surface area contributed by atoms with Crippen molar-refractivity contribution in [2.75, 3.05) is 5.73 Å². The number of aromatic nitrogens is 2. The van der Waals surface area contributed by atoms with E-state index in [-0.39, 0.29) is 5.82 Å². The van der Waals surface area contributed by atoms with Crippen LogP contribution in [0.4, 0.5) is 10.2 Å². The predicted molar refractivity (Wildman–Crippen MR) is 75.0 cm³/mol. The lowest BCUT2D eigenvalue weighted by Gasteiger charge is -2.03. The molecule has 0 atom stereocenters. The minimum absolute atomic E-state index is 0.318. The molecule has 0 saturated heterocycles. The van der Waals surface area contributed by atoms with Crippen LogP contribution in [-0.4, -0.2) is 9.38 Å². The van der Waals surface area contributed by atoms with Crippen molar-refractivity contribution in [3.05, 3.63) is 52.4 Å². The number of benzene rings is 1. The third-order valence-corrected chi connectivity index (χ3v) is 3.37. The van der Waals surface area contributed by atoms with Crippen LogP contribution in [0.2, 0.25) is 10.0 Å². The molecule has 0 amide bonds. The van der Waals surface area contributed by atoms with Crippen LogP contribution < -0.4 is 5.73 Å². The molecule has 1 aromatic carbocycles. The van der Waals surface area contributed by atoms with Gasteiger partial charge in [0, 0.05) is 16.8 Å². The van der Waals surface area contributed by atoms with Crippen LogP contribution in [0.5, 0.6) is 0 Å². The van der Waals surface area contributed by atoms with Gasteiger partial charge in [0.2, 0.25) is 0 Å². The van der Waals surface area contributed by atoms with Crippen molar-refractivity contribution in [1.82, 2.24) is 9.38 Å². The van der Waals surface area contributed by atoms with E-state index in [0.717, 1.165) is 0 Å². The first-order chi connectivity index (χ1) is 9.06. The molecule has 0 aliphatic carbocycles. The maximum Gasteiger partial charge on any atom is 0.140 e. The SMILES string of the molecule is Nc1c(-c2cc(Cl)ccc2Cl)nc2ccc(F)cn12. The van der Waals surface area contributed by atoms with Crippen molar-refractivity contribution in [3.8, 4) is 11.3 Å². The summed E-state index contributed by atoms with van der Waals surface area (Å²) in [4.78, 5) is 4.35. The van der Waals surface area contributed by atoms with Crippen molar-refractivity contribution in [2.45, 2.75) is 0 Å². The van der Waals surface area contributed by atoms with Crippen LogP contribution in [0, 0.1) is 5.82 Å². The molecule has 0 unspecified atom stereocenters. The molecule has 6 heteroatoms. The Kier molecular flexibility index (Phi) is 2.84. The van der Waals surface area contributed by atoms with Gasteiger partial charge in [-0.2, -0.15) is 0 Å². The van der Waals surface area contributed by atoms with E-state index < -0.39 is 0 Å². The molecule has 3 rings (SSSR count). The summed E-state index contributed by atoms with van der Waals surface area (Å²) in [5, 5.41) is 1.02. The minimum atomic E-state index is -0.389. The fourth-order valence-electron chi connectivity index (χ4n) is 1.91. The molecule has 0 saturated carbocycles. The van der Waals surface area contributed by atoms with Gasteiger partial charge in [0.05, 0.1) is 5.02 Å². The lowest BCUT2D eigenvalue weighted by molar-refractivity contribution is 0.619. The first-order valence-corrected chi connectivity index (χ1v) is 6.20. The summed E-state index contributed by atoms with van der Waals surface area (Å²) < 4.78 is 14.7. The monoisotopic (exact) mass is 295 g/mol. The van der Waals surface area contributed by atoms with Crippen LogP contribution in [0.25, 0.3) is 16.9 Å². The Hall–Kier alpha value is -1.78. The number of rotatable bonds is 1. The Morgan fingerprint density at radius 2 is 1.95 bits per heavy atom. The molecule has 2 N–H and O–H groups in total. The summed E-state index contributed by atoms with van der Waals surface area (Å²) in [7, 11) is 0. The second-order valence-corrected chi connectivity index (χ2v) is 4.89. The second kappa shape index (κ2) is 4.40. The summed E-state index contributed by atoms with van der Waals surface area (Å²) in [6.07, 6.45) is 1.28. The first kappa shape index (κ1) is 12.3. The van der Waals surface area contributed by atoms with Gasteiger partial charge in [-0.3, -0.25) is 4.40 Å². The maximum absolute atomic E-state index is 13.2. The molecule has 0 bridgehead atoms. The smallest absolute Gasteiger partial charge is 0.140 e. The van der Waals surface area contributed by atoms with E-state index in [2.05, 4.69) is 4.98 Å². The molecule has 96 valence electrons. The van der Waals surface area contributed by atoms with Gasteiger partial charge in [-0.1, -0.05) is 23.2 Å². The number of halogens is 3. The molecule has 0 fully saturated rings. The highest BCUT2D eigenvalue weighted by Gasteiger charge is 2.14. The van der Waals surface area contributed by atoms with Crippen molar-refractivity contribution < 1.29 is 4.39 Å². The number of imidazole rings is 1. The van der Waals surface area contributed by atoms with E-state index in [4.69, 9.17) is 28.9 Å². The van der Waals surface area contributed by atoms with E-state index in [0.29, 0.717) is 32.8 Å². The highest BCUT2D eigenvalue weighted by molar-refractivity contribution is 6.35. The van der Waals surface area contributed by atoms with Gasteiger partial charge < -0.3 is 5.73 Å². The second-order valence-electron chi connectivity index (χ2n) is 4.05. The number of fused-ring (bicyclic) bond motifs is 1. The topological polar surface area (TPSA) is 43.3 Å². The van der Waals surface area contributed by atoms with E-state index >= 15 is 0 Å². The molecular formula is C13H8Cl2FN3. The molecule has 3 aromatic rings. The molecule has 2 heterocycles. The van der Waals surface area contributed by atoms with E-state index in [1.165, 1.54) is 16.7 Å². The number of nitrogens with zero attached hydrogens (tertiary/aromatic N) is 2. The summed E-state index contributed by atoms with van der Waals surface area (Å²) in [5.74, 6) is -0.0704. The zero-order valence-electron chi connectivity index (χ0n) is 9.57. The average Bonchev–Trinajstić information content (AvgIpc) is 2.70. The quantitative estimate of drug-likeness (QED) is 0.736. The number of hydrogen-bond donors (Lipinski definition) is 1. The van der Waals surface area contributed by atoms with Gasteiger partial charge in [0.25, 0.3) is 0 Å². The van der Waals surface area contributed by atoms with Crippen LogP contribution in [0.15, 0.2) is 36.5 Å². The fourth-order valence-corrected chi connectivity index (χ4v) is 2.29. The molecular weight excluding hydrogens is 288 g/mol. The summed E-state index contributed by atoms with van der Waals surface area (Å²) in [6, 6.07) is 7.90. The van der Waals surface area contributed by atoms with Crippen LogP contribution in [0.3, 0.4) is 0 Å². The highest BCUT2D eigenvalue weighted by atomic mass is 35.5. The number of pyridine rings is 1. The van der Waals surface area contributed by atoms with Gasteiger partial charge in [0.1, 0.15) is 23.0 Å². The van der Waals surface area contributed by atoms with Crippen LogP contribution in [-0.2, 0) is 0 Å². The molecule has 19 heavy (non-hydrogen) atoms. The van der Waals surface area contributed by atoms with Crippen molar-refractivity contribution in [1.29, 1.82) is 0 Å². The molecule has 0 aliphatic rings. The van der Waals surface area contributed by atoms with Gasteiger partial charge in [-0.15, -0.1) is 0 Å². The first-order valence-electron chi connectivity index (χ1n) is 5.45. The number of nitrogens with two attached hydrogens (primary N) is 1. The van der Waals surface area contributed by atoms with Crippen molar-refractivity contribution in [3.63, 3.8) is 0 Å². The minimum Gasteiger partial charge on any atom is -0.383 e. The largest absolute Gasteiger partial charge is 0.383 e. The Morgan fingerprint density at radius 3 is 2.74 bits per heavy atom. The van der Waals surface area contributed by atoms with Gasteiger partial charge >= 0.3 is 0 Å². The van der Waals surface area contributed by atoms with Gasteiger partial charge in [0.15, 0.2) is 0 Å². The number of nitrogen functional groups attached to an aromatic ring is 1. The number of anilines is 1. The average molecular weight is 296 g/mol. The summed E-state index contributed by atoms with van der Waals surface area (Å²) in [5.41, 5.74) is 7.64. The molecule has 2 aromatic heterocycles. The lowest BCUT2D eigenvalue weighted by Crippen LogP contribution is -1.95. The van der Waals surface area contributed by atoms with Gasteiger partial charge in [-0.25, -0.2) is 9.37 Å². The van der Waals surface area contributed by atoms with Crippen LogP contribution in [0.1, 0.15) is 0 Å². The molecule has 0 aliphatic heterocycles. The normalized spacial score (nSPS) is 11.1. The highest BCUT2D eigenvalue weighted by Crippen LogP contribution is 2.33. The van der Waals surface area contributed by atoms with E-state index in [1.54, 1.807) is 24.3 Å². The van der Waals surface area contributed by atoms with Gasteiger partial charge in [-0.05, 0) is 30.3 Å². The van der Waals surface area contributed by atoms with Crippen molar-refractivity contribution in [2.24, 2.45) is 0 Å². The predicted octanol–water partition coefficient (Wildman–Crippen LogP) is 4.03. The standard InChI is InChI=1S/C13H8Cl2FN3/c14-7-1-3-10(15)9(5-7)12-13(17)19-6-8(16)2-4-11(19)18-12/h1-6H,17H2. The van der Waals surface area contributed by atoms with Crippen molar-refractivity contribution >= 4 is 34.7 Å². The number of hydrogen-bond acceptors (Lipinski definition) is 2. The van der Waals surface area contributed by atoms with E-state index in [1.807, 2.05) is 0 Å². The van der Waals surface area contributed by atoms with E-state index in [9.17, 15) is 4.39 Å². The fraction of sp³-hybridized carbons (Fsp3) is 0. The zero-order chi connectivity index (χ0) is 13.6.